The van der Waals surface area contributed by atoms with E-state index in [1.165, 1.54) is 4.52 Å². The summed E-state index contributed by atoms with van der Waals surface area (Å²) in [5.41, 5.74) is 1.79. The summed E-state index contributed by atoms with van der Waals surface area (Å²) < 4.78 is 6.61. The van der Waals surface area contributed by atoms with Crippen molar-refractivity contribution in [1.29, 1.82) is 0 Å². The van der Waals surface area contributed by atoms with E-state index in [0.29, 0.717) is 26.9 Å². The zero-order valence-electron chi connectivity index (χ0n) is 14.6. The highest BCUT2D eigenvalue weighted by molar-refractivity contribution is 6.35. The second kappa shape index (κ2) is 7.94. The Morgan fingerprint density at radius 2 is 2.11 bits per heavy atom. The molecule has 27 heavy (non-hydrogen) atoms. The molecule has 1 unspecified atom stereocenters. The van der Waals surface area contributed by atoms with Crippen LogP contribution in [0.25, 0.3) is 5.65 Å². The Labute approximate surface area is 165 Å². The van der Waals surface area contributed by atoms with Crippen molar-refractivity contribution in [2.24, 2.45) is 0 Å². The summed E-state index contributed by atoms with van der Waals surface area (Å²) >= 11 is 12.0. The van der Waals surface area contributed by atoms with Gasteiger partial charge < -0.3 is 10.1 Å². The molecular weight excluding hydrogens is 391 g/mol. The zero-order valence-corrected chi connectivity index (χ0v) is 16.1. The van der Waals surface area contributed by atoms with Crippen LogP contribution in [0.1, 0.15) is 34.6 Å². The molecule has 2 heterocycles. The van der Waals surface area contributed by atoms with E-state index in [2.05, 4.69) is 15.4 Å². The van der Waals surface area contributed by atoms with Gasteiger partial charge in [-0.25, -0.2) is 14.3 Å². The lowest BCUT2D eigenvalue weighted by Gasteiger charge is -2.16. The number of benzene rings is 1. The number of fused-ring (bicyclic) bond motifs is 1. The van der Waals surface area contributed by atoms with Crippen molar-refractivity contribution in [2.45, 2.75) is 19.9 Å². The van der Waals surface area contributed by atoms with Crippen molar-refractivity contribution in [2.75, 3.05) is 6.61 Å². The Balaban J connectivity index is 1.63. The maximum atomic E-state index is 12.4. The van der Waals surface area contributed by atoms with E-state index in [1.807, 2.05) is 0 Å². The first-order chi connectivity index (χ1) is 12.9. The first-order valence-electron chi connectivity index (χ1n) is 8.08. The second-order valence-electron chi connectivity index (χ2n) is 5.88. The largest absolute Gasteiger partial charge is 0.452 e. The summed E-state index contributed by atoms with van der Waals surface area (Å²) in [6.45, 7) is 3.02. The van der Waals surface area contributed by atoms with Crippen LogP contribution in [0.15, 0.2) is 36.7 Å². The SMILES string of the molecule is Cc1nn2cccnc2c1C(=O)OCC(=O)NC(C)c1ccc(Cl)cc1Cl. The van der Waals surface area contributed by atoms with Gasteiger partial charge in [0, 0.05) is 22.4 Å². The quantitative estimate of drug-likeness (QED) is 0.656. The Kier molecular flexibility index (Phi) is 5.62. The van der Waals surface area contributed by atoms with Gasteiger partial charge in [0.15, 0.2) is 12.3 Å². The number of rotatable bonds is 5. The lowest BCUT2D eigenvalue weighted by atomic mass is 10.1. The highest BCUT2D eigenvalue weighted by Crippen LogP contribution is 2.26. The van der Waals surface area contributed by atoms with Crippen LogP contribution in [-0.4, -0.2) is 33.1 Å². The number of halogens is 2. The number of aromatic nitrogens is 3. The number of carbonyl (C=O) groups excluding carboxylic acids is 2. The highest BCUT2D eigenvalue weighted by Gasteiger charge is 2.21. The van der Waals surface area contributed by atoms with E-state index < -0.39 is 18.5 Å². The zero-order chi connectivity index (χ0) is 19.6. The second-order valence-corrected chi connectivity index (χ2v) is 6.72. The number of carbonyl (C=O) groups is 2. The fourth-order valence-corrected chi connectivity index (χ4v) is 3.22. The first kappa shape index (κ1) is 19.1. The number of hydrogen-bond acceptors (Lipinski definition) is 5. The fourth-order valence-electron chi connectivity index (χ4n) is 2.65. The van der Waals surface area contributed by atoms with Gasteiger partial charge in [-0.05, 0) is 37.6 Å². The van der Waals surface area contributed by atoms with Gasteiger partial charge >= 0.3 is 5.97 Å². The van der Waals surface area contributed by atoms with Crippen molar-refractivity contribution in [3.63, 3.8) is 0 Å². The molecule has 3 aromatic rings. The molecule has 0 saturated carbocycles. The number of ether oxygens (including phenoxy) is 1. The van der Waals surface area contributed by atoms with Gasteiger partial charge in [-0.3, -0.25) is 4.79 Å². The molecule has 1 aromatic carbocycles. The van der Waals surface area contributed by atoms with E-state index in [0.717, 1.165) is 0 Å². The molecule has 0 aliphatic heterocycles. The number of nitrogens with zero attached hydrogens (tertiary/aromatic N) is 3. The summed E-state index contributed by atoms with van der Waals surface area (Å²) in [5.74, 6) is -1.11. The molecule has 3 rings (SSSR count). The third-order valence-corrected chi connectivity index (χ3v) is 4.48. The molecule has 0 bridgehead atoms. The monoisotopic (exact) mass is 406 g/mol. The average Bonchev–Trinajstić information content (AvgIpc) is 2.95. The van der Waals surface area contributed by atoms with Crippen molar-refractivity contribution in [3.05, 3.63) is 63.5 Å². The smallest absolute Gasteiger partial charge is 0.344 e. The van der Waals surface area contributed by atoms with Crippen LogP contribution in [0, 0.1) is 6.92 Å². The molecule has 9 heteroatoms. The number of esters is 1. The normalized spacial score (nSPS) is 12.0. The Morgan fingerprint density at radius 3 is 2.85 bits per heavy atom. The Hall–Kier alpha value is -2.64. The van der Waals surface area contributed by atoms with E-state index in [1.54, 1.807) is 50.5 Å². The molecule has 0 spiro atoms. The number of hydrogen-bond donors (Lipinski definition) is 1. The van der Waals surface area contributed by atoms with E-state index in [4.69, 9.17) is 27.9 Å². The van der Waals surface area contributed by atoms with Gasteiger partial charge in [-0.2, -0.15) is 5.10 Å². The minimum Gasteiger partial charge on any atom is -0.452 e. The van der Waals surface area contributed by atoms with Crippen LogP contribution in [0.4, 0.5) is 0 Å². The maximum Gasteiger partial charge on any atom is 0.344 e. The first-order valence-corrected chi connectivity index (χ1v) is 8.84. The molecule has 0 aliphatic rings. The van der Waals surface area contributed by atoms with Crippen LogP contribution >= 0.6 is 23.2 Å². The molecule has 0 aliphatic carbocycles. The van der Waals surface area contributed by atoms with Gasteiger partial charge in [-0.15, -0.1) is 0 Å². The molecule has 0 radical (unpaired) electrons. The van der Waals surface area contributed by atoms with Crippen LogP contribution in [0.2, 0.25) is 10.0 Å². The van der Waals surface area contributed by atoms with Gasteiger partial charge in [0.1, 0.15) is 5.56 Å². The third-order valence-electron chi connectivity index (χ3n) is 3.92. The molecule has 0 fully saturated rings. The lowest BCUT2D eigenvalue weighted by Crippen LogP contribution is -2.31. The maximum absolute atomic E-state index is 12.4. The van der Waals surface area contributed by atoms with Gasteiger partial charge in [0.25, 0.3) is 5.91 Å². The van der Waals surface area contributed by atoms with E-state index >= 15 is 0 Å². The molecule has 140 valence electrons. The fraction of sp³-hybridized carbons (Fsp3) is 0.222. The van der Waals surface area contributed by atoms with Crippen LogP contribution < -0.4 is 5.32 Å². The molecule has 1 atom stereocenters. The Morgan fingerprint density at radius 1 is 1.33 bits per heavy atom. The van der Waals surface area contributed by atoms with Crippen molar-refractivity contribution in [3.8, 4) is 0 Å². The van der Waals surface area contributed by atoms with Crippen molar-refractivity contribution >= 4 is 40.7 Å². The van der Waals surface area contributed by atoms with Crippen LogP contribution in [0.5, 0.6) is 0 Å². The topological polar surface area (TPSA) is 85.6 Å². The molecule has 7 nitrogen and oxygen atoms in total. The number of aryl methyl sites for hydroxylation is 1. The molecule has 2 aromatic heterocycles. The summed E-state index contributed by atoms with van der Waals surface area (Å²) in [5, 5.41) is 7.87. The molecule has 0 saturated heterocycles. The highest BCUT2D eigenvalue weighted by atomic mass is 35.5. The lowest BCUT2D eigenvalue weighted by molar-refractivity contribution is -0.124. The number of amides is 1. The predicted octanol–water partition coefficient (Wildman–Crippen LogP) is 3.38. The van der Waals surface area contributed by atoms with E-state index in [9.17, 15) is 9.59 Å². The summed E-state index contributed by atoms with van der Waals surface area (Å²) in [6.07, 6.45) is 3.23. The van der Waals surface area contributed by atoms with Gasteiger partial charge in [0.2, 0.25) is 0 Å². The van der Waals surface area contributed by atoms with E-state index in [-0.39, 0.29) is 11.6 Å². The minimum atomic E-state index is -0.659. The van der Waals surface area contributed by atoms with Crippen LogP contribution in [0.3, 0.4) is 0 Å². The number of nitrogens with one attached hydrogen (secondary N) is 1. The minimum absolute atomic E-state index is 0.234. The third kappa shape index (κ3) is 4.20. The van der Waals surface area contributed by atoms with Crippen molar-refractivity contribution in [1.82, 2.24) is 19.9 Å². The Bertz CT molecular complexity index is 1020. The summed E-state index contributed by atoms with van der Waals surface area (Å²) in [7, 11) is 0. The molecular formula is C18H16Cl2N4O3. The van der Waals surface area contributed by atoms with Gasteiger partial charge in [0.05, 0.1) is 11.7 Å². The summed E-state index contributed by atoms with van der Waals surface area (Å²) in [6, 6.07) is 6.34. The van der Waals surface area contributed by atoms with Crippen molar-refractivity contribution < 1.29 is 14.3 Å². The molecule has 1 N–H and O–H groups in total. The standard InChI is InChI=1S/C18H16Cl2N4O3/c1-10(13-5-4-12(19)8-14(13)20)22-15(25)9-27-18(26)16-11(2)23-24-7-3-6-21-17(16)24/h3-8,10H,9H2,1-2H3,(H,22,25). The average molecular weight is 407 g/mol. The van der Waals surface area contributed by atoms with Gasteiger partial charge in [-0.1, -0.05) is 29.3 Å². The molecule has 1 amide bonds. The summed E-state index contributed by atoms with van der Waals surface area (Å²) in [4.78, 5) is 28.6. The van der Waals surface area contributed by atoms with Crippen LogP contribution in [-0.2, 0) is 9.53 Å². The predicted molar refractivity (Wildman–Crippen MR) is 101 cm³/mol.